The first-order valence-corrected chi connectivity index (χ1v) is 13.5. The van der Waals surface area contributed by atoms with E-state index in [1.54, 1.807) is 0 Å². The van der Waals surface area contributed by atoms with E-state index in [2.05, 4.69) is 30.9 Å². The van der Waals surface area contributed by atoms with Gasteiger partial charge in [0.25, 0.3) is 0 Å². The molecule has 0 bridgehead atoms. The number of carboxylic acids is 1. The standard InChI is InChI=1S/C22H38N10O6S/c1-39-8-6-13(23)18(34)30-14(3-2-7-28-22(25)26)19(35)32-16(9-12-10-27-11-29-12)20(36)31-15(21(37)38)4-5-17(24)33/h10-11,13-16H,2-9,23H2,1H3,(H2,24,33)(H,27,29)(H,30,34)(H,31,36)(H,32,35)(H,37,38)(H4,25,26,28). The Balaban J connectivity index is 3.08. The van der Waals surface area contributed by atoms with E-state index in [0.717, 1.165) is 0 Å². The van der Waals surface area contributed by atoms with Gasteiger partial charge in [-0.1, -0.05) is 0 Å². The van der Waals surface area contributed by atoms with Gasteiger partial charge in [-0.15, -0.1) is 0 Å². The van der Waals surface area contributed by atoms with Crippen molar-refractivity contribution in [2.45, 2.75) is 62.7 Å². The van der Waals surface area contributed by atoms with E-state index in [4.69, 9.17) is 22.9 Å². The molecular formula is C22H38N10O6S. The van der Waals surface area contributed by atoms with Gasteiger partial charge in [0, 0.05) is 31.3 Å². The minimum atomic E-state index is -1.42. The molecule has 4 atom stereocenters. The number of aliphatic imine (C=N–C) groups is 1. The third-order valence-corrected chi connectivity index (χ3v) is 6.10. The smallest absolute Gasteiger partial charge is 0.326 e. The monoisotopic (exact) mass is 570 g/mol. The summed E-state index contributed by atoms with van der Waals surface area (Å²) in [5.74, 6) is -3.65. The summed E-state index contributed by atoms with van der Waals surface area (Å²) in [5, 5.41) is 17.0. The van der Waals surface area contributed by atoms with E-state index in [0.29, 0.717) is 24.3 Å². The highest BCUT2D eigenvalue weighted by Crippen LogP contribution is 2.06. The van der Waals surface area contributed by atoms with Crippen LogP contribution in [0.4, 0.5) is 0 Å². The van der Waals surface area contributed by atoms with Gasteiger partial charge in [0.15, 0.2) is 5.96 Å². The van der Waals surface area contributed by atoms with Gasteiger partial charge in [-0.25, -0.2) is 9.78 Å². The van der Waals surface area contributed by atoms with Crippen molar-refractivity contribution in [2.75, 3.05) is 18.6 Å². The Labute approximate surface area is 229 Å². The van der Waals surface area contributed by atoms with Crippen LogP contribution in [0.3, 0.4) is 0 Å². The summed E-state index contributed by atoms with van der Waals surface area (Å²) in [5.41, 5.74) is 22.2. The van der Waals surface area contributed by atoms with Crippen molar-refractivity contribution in [3.63, 3.8) is 0 Å². The van der Waals surface area contributed by atoms with Crippen molar-refractivity contribution < 1.29 is 29.1 Å². The Kier molecular flexibility index (Phi) is 15.0. The molecule has 39 heavy (non-hydrogen) atoms. The minimum Gasteiger partial charge on any atom is -0.480 e. The van der Waals surface area contributed by atoms with Crippen molar-refractivity contribution in [1.29, 1.82) is 0 Å². The SMILES string of the molecule is CSCCC(N)C(=O)NC(CCCN=C(N)N)C(=O)NC(Cc1cnc[nH]1)C(=O)NC(CCC(N)=O)C(=O)O. The van der Waals surface area contributed by atoms with Gasteiger partial charge in [0.05, 0.1) is 12.4 Å². The van der Waals surface area contributed by atoms with Crippen molar-refractivity contribution in [3.05, 3.63) is 18.2 Å². The highest BCUT2D eigenvalue weighted by atomic mass is 32.2. The molecule has 0 aliphatic carbocycles. The van der Waals surface area contributed by atoms with E-state index in [1.807, 2.05) is 6.26 Å². The van der Waals surface area contributed by atoms with Crippen molar-refractivity contribution in [3.8, 4) is 0 Å². The first-order valence-electron chi connectivity index (χ1n) is 12.1. The van der Waals surface area contributed by atoms with Crippen molar-refractivity contribution in [1.82, 2.24) is 25.9 Å². The highest BCUT2D eigenvalue weighted by molar-refractivity contribution is 7.98. The molecule has 0 saturated carbocycles. The molecule has 0 aliphatic heterocycles. The molecule has 13 N–H and O–H groups in total. The number of hydrogen-bond acceptors (Lipinski definition) is 9. The van der Waals surface area contributed by atoms with Gasteiger partial charge >= 0.3 is 5.97 Å². The fourth-order valence-corrected chi connectivity index (χ4v) is 3.83. The summed E-state index contributed by atoms with van der Waals surface area (Å²) in [6.07, 6.45) is 4.95. The fraction of sp³-hybridized carbons (Fsp3) is 0.591. The second kappa shape index (κ2) is 17.6. The topological polar surface area (TPSA) is 287 Å². The number of thioether (sulfide) groups is 1. The summed E-state index contributed by atoms with van der Waals surface area (Å²) in [4.78, 5) is 72.3. The van der Waals surface area contributed by atoms with Crippen molar-refractivity contribution in [2.24, 2.45) is 27.9 Å². The number of aromatic nitrogens is 2. The van der Waals surface area contributed by atoms with Crippen LogP contribution in [0.25, 0.3) is 0 Å². The quantitative estimate of drug-likeness (QED) is 0.0455. The van der Waals surface area contributed by atoms with E-state index >= 15 is 0 Å². The molecule has 1 aromatic heterocycles. The minimum absolute atomic E-state index is 0.0678. The summed E-state index contributed by atoms with van der Waals surface area (Å²) in [6.45, 7) is 0.193. The number of H-pyrrole nitrogens is 1. The number of amides is 4. The van der Waals surface area contributed by atoms with Gasteiger partial charge in [-0.3, -0.25) is 24.2 Å². The van der Waals surface area contributed by atoms with E-state index in [-0.39, 0.29) is 38.2 Å². The Morgan fingerprint density at radius 3 is 2.21 bits per heavy atom. The number of nitrogens with one attached hydrogen (secondary N) is 4. The molecule has 1 rings (SSSR count). The maximum absolute atomic E-state index is 13.3. The van der Waals surface area contributed by atoms with Gasteiger partial charge in [-0.2, -0.15) is 11.8 Å². The molecule has 1 heterocycles. The molecule has 16 nitrogen and oxygen atoms in total. The number of aromatic amines is 1. The largest absolute Gasteiger partial charge is 0.480 e. The molecule has 17 heteroatoms. The lowest BCUT2D eigenvalue weighted by molar-refractivity contribution is -0.142. The molecule has 0 spiro atoms. The summed E-state index contributed by atoms with van der Waals surface area (Å²) in [6, 6.07) is -4.61. The van der Waals surface area contributed by atoms with Crippen LogP contribution >= 0.6 is 11.8 Å². The molecule has 0 aromatic carbocycles. The zero-order valence-corrected chi connectivity index (χ0v) is 22.5. The lowest BCUT2D eigenvalue weighted by Gasteiger charge is -2.25. The number of nitrogens with two attached hydrogens (primary N) is 4. The number of hydrogen-bond donors (Lipinski definition) is 9. The number of primary amides is 1. The predicted molar refractivity (Wildman–Crippen MR) is 145 cm³/mol. The van der Waals surface area contributed by atoms with Gasteiger partial charge in [-0.05, 0) is 37.7 Å². The van der Waals surface area contributed by atoms with Crippen LogP contribution in [0.15, 0.2) is 17.5 Å². The Morgan fingerprint density at radius 1 is 1.00 bits per heavy atom. The summed E-state index contributed by atoms with van der Waals surface area (Å²) in [7, 11) is 0. The predicted octanol–water partition coefficient (Wildman–Crippen LogP) is -3.11. The molecule has 0 fully saturated rings. The van der Waals surface area contributed by atoms with Gasteiger partial charge in [0.1, 0.15) is 18.1 Å². The molecule has 0 radical (unpaired) electrons. The van der Waals surface area contributed by atoms with Crippen molar-refractivity contribution >= 4 is 47.3 Å². The lowest BCUT2D eigenvalue weighted by Crippen LogP contribution is -2.57. The average molecular weight is 571 g/mol. The van der Waals surface area contributed by atoms with Crippen LogP contribution in [0.1, 0.15) is 37.8 Å². The van der Waals surface area contributed by atoms with Crippen LogP contribution in [-0.2, 0) is 30.4 Å². The number of rotatable bonds is 19. The molecule has 218 valence electrons. The zero-order valence-electron chi connectivity index (χ0n) is 21.7. The molecular weight excluding hydrogens is 532 g/mol. The molecule has 4 unspecified atom stereocenters. The molecule has 1 aromatic rings. The second-order valence-corrected chi connectivity index (χ2v) is 9.63. The zero-order chi connectivity index (χ0) is 29.4. The Bertz CT molecular complexity index is 986. The maximum Gasteiger partial charge on any atom is 0.326 e. The van der Waals surface area contributed by atoms with Crippen LogP contribution < -0.4 is 38.9 Å². The third-order valence-electron chi connectivity index (χ3n) is 5.45. The van der Waals surface area contributed by atoms with Crippen LogP contribution in [0, 0.1) is 0 Å². The number of carbonyl (C=O) groups is 5. The normalized spacial score (nSPS) is 13.8. The number of nitrogens with zero attached hydrogens (tertiary/aromatic N) is 2. The maximum atomic E-state index is 13.3. The number of imidazole rings is 1. The van der Waals surface area contributed by atoms with Crippen LogP contribution in [0.2, 0.25) is 0 Å². The van der Waals surface area contributed by atoms with Gasteiger partial charge < -0.3 is 49.0 Å². The van der Waals surface area contributed by atoms with E-state index in [9.17, 15) is 29.1 Å². The molecule has 0 aliphatic rings. The van der Waals surface area contributed by atoms with Gasteiger partial charge in [0.2, 0.25) is 23.6 Å². The number of aliphatic carboxylic acids is 1. The second-order valence-electron chi connectivity index (χ2n) is 8.64. The van der Waals surface area contributed by atoms with E-state index < -0.39 is 53.8 Å². The lowest BCUT2D eigenvalue weighted by atomic mass is 10.1. The Morgan fingerprint density at radius 2 is 1.64 bits per heavy atom. The Hall–Kier alpha value is -3.86. The van der Waals surface area contributed by atoms with Crippen LogP contribution in [-0.4, -0.2) is 93.4 Å². The summed E-state index contributed by atoms with van der Waals surface area (Å²) >= 11 is 1.52. The number of carbonyl (C=O) groups excluding carboxylic acids is 4. The number of carboxylic acid groups (broad SMARTS) is 1. The molecule has 4 amide bonds. The number of guanidine groups is 1. The van der Waals surface area contributed by atoms with E-state index in [1.165, 1.54) is 24.3 Å². The third kappa shape index (κ3) is 13.5. The highest BCUT2D eigenvalue weighted by Gasteiger charge is 2.30. The fourth-order valence-electron chi connectivity index (χ4n) is 3.34. The first kappa shape index (κ1) is 33.2. The molecule has 0 saturated heterocycles. The average Bonchev–Trinajstić information content (AvgIpc) is 3.38. The first-order chi connectivity index (χ1) is 18.4. The summed E-state index contributed by atoms with van der Waals surface area (Å²) < 4.78 is 0. The van der Waals surface area contributed by atoms with Crippen LogP contribution in [0.5, 0.6) is 0 Å².